The summed E-state index contributed by atoms with van der Waals surface area (Å²) in [6, 6.07) is 14.9. The van der Waals surface area contributed by atoms with Gasteiger partial charge in [-0.05, 0) is 34.6 Å². The first-order valence-electron chi connectivity index (χ1n) is 6.99. The van der Waals surface area contributed by atoms with Crippen LogP contribution in [0, 0.1) is 0 Å². The van der Waals surface area contributed by atoms with Gasteiger partial charge in [-0.25, -0.2) is 0 Å². The third kappa shape index (κ3) is 2.81. The van der Waals surface area contributed by atoms with Gasteiger partial charge in [-0.1, -0.05) is 64.1 Å². The summed E-state index contributed by atoms with van der Waals surface area (Å²) in [7, 11) is 0. The lowest BCUT2D eigenvalue weighted by Gasteiger charge is -2.18. The maximum absolute atomic E-state index is 6.39. The summed E-state index contributed by atoms with van der Waals surface area (Å²) in [4.78, 5) is 0. The Morgan fingerprint density at radius 3 is 2.00 bits per heavy atom. The molecule has 1 nitrogen and oxygen atoms in total. The van der Waals surface area contributed by atoms with E-state index >= 15 is 0 Å². The fourth-order valence-corrected chi connectivity index (χ4v) is 2.37. The fourth-order valence-electron chi connectivity index (χ4n) is 2.37. The Morgan fingerprint density at radius 1 is 0.842 bits per heavy atom. The lowest BCUT2D eigenvalue weighted by molar-refractivity contribution is 0.837. The minimum absolute atomic E-state index is 0.446. The molecule has 0 amide bonds. The Bertz CT molecular complexity index is 553. The second-order valence-electron chi connectivity index (χ2n) is 5.75. The Hall–Kier alpha value is -1.76. The van der Waals surface area contributed by atoms with Crippen LogP contribution in [0.1, 0.15) is 50.7 Å². The Kier molecular flexibility index (Phi) is 3.94. The van der Waals surface area contributed by atoms with Gasteiger partial charge < -0.3 is 5.73 Å². The van der Waals surface area contributed by atoms with E-state index in [0.717, 1.165) is 11.3 Å². The van der Waals surface area contributed by atoms with E-state index in [1.165, 1.54) is 16.7 Å². The van der Waals surface area contributed by atoms with Gasteiger partial charge in [0, 0.05) is 11.3 Å². The number of benzene rings is 2. The standard InChI is InChI=1S/C18H23N/c1-12(2)15-10-16(13(3)4)18(19)17(11-15)14-8-6-5-7-9-14/h5-13H,19H2,1-4H3. The summed E-state index contributed by atoms with van der Waals surface area (Å²) in [5.41, 5.74) is 12.3. The van der Waals surface area contributed by atoms with E-state index in [9.17, 15) is 0 Å². The summed E-state index contributed by atoms with van der Waals surface area (Å²) in [6.07, 6.45) is 0. The SMILES string of the molecule is CC(C)c1cc(-c2ccccc2)c(N)c(C(C)C)c1. The molecule has 0 aliphatic heterocycles. The van der Waals surface area contributed by atoms with Crippen molar-refractivity contribution >= 4 is 5.69 Å². The lowest BCUT2D eigenvalue weighted by Crippen LogP contribution is -2.02. The first-order valence-corrected chi connectivity index (χ1v) is 6.99. The van der Waals surface area contributed by atoms with Crippen molar-refractivity contribution in [3.8, 4) is 11.1 Å². The Balaban J connectivity index is 2.66. The van der Waals surface area contributed by atoms with Crippen LogP contribution in [0.3, 0.4) is 0 Å². The molecule has 0 saturated carbocycles. The molecule has 0 unspecified atom stereocenters. The molecule has 2 aromatic rings. The molecule has 2 N–H and O–H groups in total. The predicted octanol–water partition coefficient (Wildman–Crippen LogP) is 5.18. The molecule has 0 fully saturated rings. The van der Waals surface area contributed by atoms with E-state index in [1.54, 1.807) is 0 Å². The van der Waals surface area contributed by atoms with E-state index in [-0.39, 0.29) is 0 Å². The van der Waals surface area contributed by atoms with Crippen LogP contribution in [-0.2, 0) is 0 Å². The molecule has 0 spiro atoms. The zero-order chi connectivity index (χ0) is 14.0. The Morgan fingerprint density at radius 2 is 1.47 bits per heavy atom. The number of nitrogens with two attached hydrogens (primary N) is 1. The lowest BCUT2D eigenvalue weighted by atomic mass is 9.89. The smallest absolute Gasteiger partial charge is 0.0429 e. The van der Waals surface area contributed by atoms with Gasteiger partial charge in [-0.15, -0.1) is 0 Å². The summed E-state index contributed by atoms with van der Waals surface area (Å²) in [5.74, 6) is 0.960. The fraction of sp³-hybridized carbons (Fsp3) is 0.333. The number of rotatable bonds is 3. The number of hydrogen-bond donors (Lipinski definition) is 1. The van der Waals surface area contributed by atoms with Gasteiger partial charge in [0.1, 0.15) is 0 Å². The van der Waals surface area contributed by atoms with Gasteiger partial charge >= 0.3 is 0 Å². The van der Waals surface area contributed by atoms with Gasteiger partial charge in [-0.2, -0.15) is 0 Å². The molecule has 2 aromatic carbocycles. The molecule has 100 valence electrons. The highest BCUT2D eigenvalue weighted by atomic mass is 14.6. The largest absolute Gasteiger partial charge is 0.398 e. The zero-order valence-electron chi connectivity index (χ0n) is 12.3. The highest BCUT2D eigenvalue weighted by Crippen LogP contribution is 2.35. The summed E-state index contributed by atoms with van der Waals surface area (Å²) >= 11 is 0. The van der Waals surface area contributed by atoms with Crippen molar-refractivity contribution in [3.05, 3.63) is 53.6 Å². The van der Waals surface area contributed by atoms with Crippen LogP contribution in [0.2, 0.25) is 0 Å². The summed E-state index contributed by atoms with van der Waals surface area (Å²) < 4.78 is 0. The second kappa shape index (κ2) is 5.48. The molecule has 0 radical (unpaired) electrons. The average Bonchev–Trinajstić information content (AvgIpc) is 2.39. The van der Waals surface area contributed by atoms with Gasteiger partial charge in [0.2, 0.25) is 0 Å². The highest BCUT2D eigenvalue weighted by molar-refractivity contribution is 5.79. The normalized spacial score (nSPS) is 11.3. The van der Waals surface area contributed by atoms with Gasteiger partial charge in [0.05, 0.1) is 0 Å². The minimum atomic E-state index is 0.446. The number of anilines is 1. The molecule has 2 rings (SSSR count). The molecule has 0 saturated heterocycles. The molecule has 1 heteroatoms. The van der Waals surface area contributed by atoms with Crippen LogP contribution in [-0.4, -0.2) is 0 Å². The topological polar surface area (TPSA) is 26.0 Å². The maximum atomic E-state index is 6.39. The van der Waals surface area contributed by atoms with E-state index in [1.807, 2.05) is 6.07 Å². The molecule has 19 heavy (non-hydrogen) atoms. The number of nitrogen functional groups attached to an aromatic ring is 1. The average molecular weight is 253 g/mol. The number of hydrogen-bond acceptors (Lipinski definition) is 1. The zero-order valence-corrected chi connectivity index (χ0v) is 12.3. The van der Waals surface area contributed by atoms with Crippen molar-refractivity contribution in [3.63, 3.8) is 0 Å². The third-order valence-corrected chi connectivity index (χ3v) is 3.61. The molecule has 0 aliphatic rings. The van der Waals surface area contributed by atoms with Crippen molar-refractivity contribution in [2.75, 3.05) is 5.73 Å². The van der Waals surface area contributed by atoms with Crippen LogP contribution in [0.4, 0.5) is 5.69 Å². The monoisotopic (exact) mass is 253 g/mol. The van der Waals surface area contributed by atoms with Gasteiger partial charge in [0.25, 0.3) is 0 Å². The minimum Gasteiger partial charge on any atom is -0.398 e. The first-order chi connectivity index (χ1) is 9.00. The van der Waals surface area contributed by atoms with Crippen molar-refractivity contribution < 1.29 is 0 Å². The molecule has 0 aromatic heterocycles. The third-order valence-electron chi connectivity index (χ3n) is 3.61. The van der Waals surface area contributed by atoms with Crippen molar-refractivity contribution in [2.45, 2.75) is 39.5 Å². The van der Waals surface area contributed by atoms with E-state index in [0.29, 0.717) is 11.8 Å². The van der Waals surface area contributed by atoms with Crippen molar-refractivity contribution in [1.82, 2.24) is 0 Å². The van der Waals surface area contributed by atoms with E-state index in [4.69, 9.17) is 5.73 Å². The van der Waals surface area contributed by atoms with Crippen LogP contribution >= 0.6 is 0 Å². The summed E-state index contributed by atoms with van der Waals surface area (Å²) in [5, 5.41) is 0. The second-order valence-corrected chi connectivity index (χ2v) is 5.75. The predicted molar refractivity (Wildman–Crippen MR) is 84.5 cm³/mol. The van der Waals surface area contributed by atoms with Crippen LogP contribution in [0.15, 0.2) is 42.5 Å². The molecule has 0 aliphatic carbocycles. The molecular formula is C18H23N. The molecule has 0 bridgehead atoms. The highest BCUT2D eigenvalue weighted by Gasteiger charge is 2.13. The molecule has 0 atom stereocenters. The van der Waals surface area contributed by atoms with E-state index in [2.05, 4.69) is 64.1 Å². The van der Waals surface area contributed by atoms with E-state index < -0.39 is 0 Å². The molecular weight excluding hydrogens is 230 g/mol. The summed E-state index contributed by atoms with van der Waals surface area (Å²) in [6.45, 7) is 8.85. The quantitative estimate of drug-likeness (QED) is 0.749. The van der Waals surface area contributed by atoms with Crippen LogP contribution < -0.4 is 5.73 Å². The van der Waals surface area contributed by atoms with Crippen LogP contribution in [0.5, 0.6) is 0 Å². The van der Waals surface area contributed by atoms with Crippen molar-refractivity contribution in [2.24, 2.45) is 0 Å². The van der Waals surface area contributed by atoms with Crippen LogP contribution in [0.25, 0.3) is 11.1 Å². The molecule has 0 heterocycles. The van der Waals surface area contributed by atoms with Gasteiger partial charge in [-0.3, -0.25) is 0 Å². The maximum Gasteiger partial charge on any atom is 0.0429 e. The Labute approximate surface area is 116 Å². The first kappa shape index (κ1) is 13.7. The van der Waals surface area contributed by atoms with Gasteiger partial charge in [0.15, 0.2) is 0 Å². The van der Waals surface area contributed by atoms with Crippen molar-refractivity contribution in [1.29, 1.82) is 0 Å².